The smallest absolute Gasteiger partial charge is 0.249 e. The summed E-state index contributed by atoms with van der Waals surface area (Å²) in [5.74, 6) is 2.19. The third-order valence-corrected chi connectivity index (χ3v) is 4.93. The van der Waals surface area contributed by atoms with Crippen LogP contribution < -0.4 is 10.1 Å². The molecule has 0 atom stereocenters. The van der Waals surface area contributed by atoms with Gasteiger partial charge in [0.1, 0.15) is 12.3 Å². The third kappa shape index (κ3) is 3.65. The highest BCUT2D eigenvalue weighted by Crippen LogP contribution is 2.40. The first-order valence-corrected chi connectivity index (χ1v) is 9.59. The lowest BCUT2D eigenvalue weighted by Gasteiger charge is -2.13. The molecule has 3 aromatic rings. The van der Waals surface area contributed by atoms with E-state index >= 15 is 0 Å². The lowest BCUT2D eigenvalue weighted by Crippen LogP contribution is -2.20. The monoisotopic (exact) mass is 380 g/mol. The first kappa shape index (κ1) is 18.3. The van der Waals surface area contributed by atoms with E-state index < -0.39 is 0 Å². The number of amides is 1. The van der Waals surface area contributed by atoms with Gasteiger partial charge in [0.15, 0.2) is 0 Å². The number of aromatic nitrogens is 3. The van der Waals surface area contributed by atoms with Crippen molar-refractivity contribution in [1.82, 2.24) is 14.8 Å². The van der Waals surface area contributed by atoms with Gasteiger partial charge < -0.3 is 19.0 Å². The molecule has 1 aliphatic carbocycles. The number of nitrogens with zero attached hydrogens (tertiary/aromatic N) is 3. The lowest BCUT2D eigenvalue weighted by atomic mass is 10.2. The summed E-state index contributed by atoms with van der Waals surface area (Å²) in [6.07, 6.45) is 2.23. The van der Waals surface area contributed by atoms with Crippen molar-refractivity contribution in [3.8, 4) is 17.2 Å². The lowest BCUT2D eigenvalue weighted by molar-refractivity contribution is -0.116. The van der Waals surface area contributed by atoms with Crippen LogP contribution in [0.3, 0.4) is 0 Å². The van der Waals surface area contributed by atoms with Gasteiger partial charge in [-0.25, -0.2) is 0 Å². The van der Waals surface area contributed by atoms with Crippen molar-refractivity contribution in [3.05, 3.63) is 47.6 Å². The van der Waals surface area contributed by atoms with Gasteiger partial charge in [-0.05, 0) is 51.8 Å². The molecule has 1 aromatic carbocycles. The predicted molar refractivity (Wildman–Crippen MR) is 105 cm³/mol. The summed E-state index contributed by atoms with van der Waals surface area (Å²) >= 11 is 0. The van der Waals surface area contributed by atoms with Gasteiger partial charge in [0.2, 0.25) is 17.7 Å². The second-order valence-corrected chi connectivity index (χ2v) is 7.07. The molecule has 1 saturated carbocycles. The number of carbonyl (C=O) groups is 1. The number of aryl methyl sites for hydroxylation is 1. The number of hydrogen-bond donors (Lipinski definition) is 1. The van der Waals surface area contributed by atoms with Crippen LogP contribution in [0.15, 0.2) is 34.7 Å². The molecule has 1 fully saturated rings. The number of nitrogens with one attached hydrogen (secondary N) is 1. The van der Waals surface area contributed by atoms with E-state index in [0.717, 1.165) is 29.8 Å². The van der Waals surface area contributed by atoms with Crippen LogP contribution in [0.5, 0.6) is 5.75 Å². The summed E-state index contributed by atoms with van der Waals surface area (Å²) in [6.45, 7) is 6.58. The van der Waals surface area contributed by atoms with Gasteiger partial charge in [0.25, 0.3) is 0 Å². The Kier molecular flexibility index (Phi) is 4.90. The zero-order valence-corrected chi connectivity index (χ0v) is 16.4. The van der Waals surface area contributed by atoms with Gasteiger partial charge in [-0.1, -0.05) is 12.1 Å². The maximum absolute atomic E-state index is 12.7. The van der Waals surface area contributed by atoms with E-state index in [2.05, 4.69) is 15.5 Å². The molecule has 2 aromatic heterocycles. The fraction of sp³-hybridized carbons (Fsp3) is 0.381. The average molecular weight is 380 g/mol. The number of ether oxygens (including phenoxy) is 1. The quantitative estimate of drug-likeness (QED) is 0.668. The minimum atomic E-state index is -0.121. The minimum absolute atomic E-state index is 0.121. The normalized spacial score (nSPS) is 13.5. The van der Waals surface area contributed by atoms with Crippen LogP contribution >= 0.6 is 0 Å². The Labute approximate surface area is 163 Å². The number of para-hydroxylation sites is 2. The van der Waals surface area contributed by atoms with Crippen molar-refractivity contribution in [1.29, 1.82) is 0 Å². The first-order valence-electron chi connectivity index (χ1n) is 9.59. The number of rotatable bonds is 7. The summed E-state index contributed by atoms with van der Waals surface area (Å²) in [5, 5.41) is 11.3. The molecule has 0 unspecified atom stereocenters. The Morgan fingerprint density at radius 2 is 2.07 bits per heavy atom. The maximum atomic E-state index is 12.7. The SMILES string of the molecule is CCOc1ccccc1NC(=O)Cn1c(C)cc(-c2nnc(C3CC3)o2)c1C. The molecule has 28 heavy (non-hydrogen) atoms. The molecule has 1 amide bonds. The van der Waals surface area contributed by atoms with Crippen molar-refractivity contribution in [3.63, 3.8) is 0 Å². The molecule has 7 nitrogen and oxygen atoms in total. The van der Waals surface area contributed by atoms with E-state index in [9.17, 15) is 4.79 Å². The molecule has 0 spiro atoms. The van der Waals surface area contributed by atoms with Gasteiger partial charge in [-0.3, -0.25) is 4.79 Å². The van der Waals surface area contributed by atoms with Gasteiger partial charge in [-0.15, -0.1) is 10.2 Å². The van der Waals surface area contributed by atoms with Crippen LogP contribution in [-0.2, 0) is 11.3 Å². The van der Waals surface area contributed by atoms with Crippen LogP contribution in [0.4, 0.5) is 5.69 Å². The summed E-state index contributed by atoms with van der Waals surface area (Å²) in [5.41, 5.74) is 3.44. The zero-order valence-electron chi connectivity index (χ0n) is 16.4. The van der Waals surface area contributed by atoms with Crippen LogP contribution in [0.25, 0.3) is 11.5 Å². The molecule has 1 N–H and O–H groups in total. The maximum Gasteiger partial charge on any atom is 0.249 e. The Bertz CT molecular complexity index is 1000. The number of benzene rings is 1. The zero-order chi connectivity index (χ0) is 19.7. The molecule has 0 saturated heterocycles. The van der Waals surface area contributed by atoms with Crippen LogP contribution in [0.2, 0.25) is 0 Å². The molecule has 4 rings (SSSR count). The number of carbonyl (C=O) groups excluding carboxylic acids is 1. The van der Waals surface area contributed by atoms with Gasteiger partial charge in [0.05, 0.1) is 17.9 Å². The van der Waals surface area contributed by atoms with E-state index in [-0.39, 0.29) is 12.5 Å². The van der Waals surface area contributed by atoms with Crippen molar-refractivity contribution in [2.75, 3.05) is 11.9 Å². The van der Waals surface area contributed by atoms with E-state index in [1.807, 2.05) is 55.7 Å². The van der Waals surface area contributed by atoms with Crippen LogP contribution in [0.1, 0.15) is 43.0 Å². The summed E-state index contributed by atoms with van der Waals surface area (Å²) < 4.78 is 13.4. The van der Waals surface area contributed by atoms with Crippen LogP contribution in [0, 0.1) is 13.8 Å². The number of anilines is 1. The van der Waals surface area contributed by atoms with Crippen molar-refractivity contribution < 1.29 is 13.9 Å². The van der Waals surface area contributed by atoms with Gasteiger partial charge in [-0.2, -0.15) is 0 Å². The van der Waals surface area contributed by atoms with Gasteiger partial charge in [0, 0.05) is 17.3 Å². The molecule has 146 valence electrons. The van der Waals surface area contributed by atoms with E-state index in [0.29, 0.717) is 35.7 Å². The average Bonchev–Trinajstić information content (AvgIpc) is 3.35. The Balaban J connectivity index is 1.51. The van der Waals surface area contributed by atoms with Gasteiger partial charge >= 0.3 is 0 Å². The fourth-order valence-corrected chi connectivity index (χ4v) is 3.28. The van der Waals surface area contributed by atoms with E-state index in [4.69, 9.17) is 9.15 Å². The van der Waals surface area contributed by atoms with Crippen molar-refractivity contribution in [2.24, 2.45) is 0 Å². The molecular weight excluding hydrogens is 356 g/mol. The molecule has 0 aliphatic heterocycles. The number of hydrogen-bond acceptors (Lipinski definition) is 5. The molecule has 1 aliphatic rings. The molecule has 0 radical (unpaired) electrons. The molecular formula is C21H24N4O3. The fourth-order valence-electron chi connectivity index (χ4n) is 3.28. The third-order valence-electron chi connectivity index (χ3n) is 4.93. The highest BCUT2D eigenvalue weighted by atomic mass is 16.5. The molecule has 0 bridgehead atoms. The largest absolute Gasteiger partial charge is 0.492 e. The van der Waals surface area contributed by atoms with E-state index in [1.54, 1.807) is 0 Å². The first-order chi connectivity index (χ1) is 13.6. The molecule has 7 heteroatoms. The predicted octanol–water partition coefficient (Wildman–Crippen LogP) is 4.07. The topological polar surface area (TPSA) is 82.2 Å². The highest BCUT2D eigenvalue weighted by molar-refractivity contribution is 5.92. The Hall–Kier alpha value is -3.09. The second-order valence-electron chi connectivity index (χ2n) is 7.07. The van der Waals surface area contributed by atoms with Crippen molar-refractivity contribution in [2.45, 2.75) is 46.1 Å². The van der Waals surface area contributed by atoms with Crippen LogP contribution in [-0.4, -0.2) is 27.3 Å². The summed E-state index contributed by atoms with van der Waals surface area (Å²) in [6, 6.07) is 9.42. The summed E-state index contributed by atoms with van der Waals surface area (Å²) in [7, 11) is 0. The Morgan fingerprint density at radius 1 is 1.29 bits per heavy atom. The standard InChI is InChI=1S/C21H24N4O3/c1-4-27-18-8-6-5-7-17(18)22-19(26)12-25-13(2)11-16(14(25)3)21-24-23-20(28-21)15-9-10-15/h5-8,11,15H,4,9-10,12H2,1-3H3,(H,22,26). The highest BCUT2D eigenvalue weighted by Gasteiger charge is 2.30. The Morgan fingerprint density at radius 3 is 2.82 bits per heavy atom. The summed E-state index contributed by atoms with van der Waals surface area (Å²) in [4.78, 5) is 12.7. The van der Waals surface area contributed by atoms with E-state index in [1.165, 1.54) is 0 Å². The minimum Gasteiger partial charge on any atom is -0.492 e. The van der Waals surface area contributed by atoms with Crippen molar-refractivity contribution >= 4 is 11.6 Å². The molecule has 2 heterocycles. The second kappa shape index (κ2) is 7.50.